The number of hydrogen-bond donors (Lipinski definition) is 2. The van der Waals surface area contributed by atoms with Gasteiger partial charge in [-0.2, -0.15) is 0 Å². The number of carbonyl (C=O) groups is 1. The van der Waals surface area contributed by atoms with Crippen molar-refractivity contribution in [3.05, 3.63) is 0 Å². The van der Waals surface area contributed by atoms with Gasteiger partial charge in [0.1, 0.15) is 6.61 Å². The highest BCUT2D eigenvalue weighted by atomic mass is 16.5. The lowest BCUT2D eigenvalue weighted by molar-refractivity contribution is -0.126. The summed E-state index contributed by atoms with van der Waals surface area (Å²) in [5.41, 5.74) is 0. The molecule has 2 N–H and O–H groups in total. The summed E-state index contributed by atoms with van der Waals surface area (Å²) in [6.07, 6.45) is 6.25. The van der Waals surface area contributed by atoms with Crippen LogP contribution in [0.2, 0.25) is 0 Å². The van der Waals surface area contributed by atoms with E-state index < -0.39 is 6.10 Å². The zero-order valence-electron chi connectivity index (χ0n) is 10.8. The average molecular weight is 243 g/mol. The number of hydrogen-bond acceptors (Lipinski definition) is 3. The van der Waals surface area contributed by atoms with Gasteiger partial charge < -0.3 is 15.2 Å². The largest absolute Gasteiger partial charge is 0.391 e. The van der Waals surface area contributed by atoms with E-state index in [0.29, 0.717) is 19.1 Å². The van der Waals surface area contributed by atoms with Crippen molar-refractivity contribution in [3.63, 3.8) is 0 Å². The summed E-state index contributed by atoms with van der Waals surface area (Å²) < 4.78 is 5.20. The standard InChI is InChI=1S/C13H25NO3/c1-2-3-8-17-10-13(16)14-9-12(15)11-6-4-5-7-11/h11-12,15H,2-10H2,1H3,(H,14,16). The molecule has 0 saturated heterocycles. The highest BCUT2D eigenvalue weighted by molar-refractivity contribution is 5.77. The zero-order valence-corrected chi connectivity index (χ0v) is 10.8. The highest BCUT2D eigenvalue weighted by Gasteiger charge is 2.23. The van der Waals surface area contributed by atoms with Gasteiger partial charge in [0.05, 0.1) is 6.10 Å². The third kappa shape index (κ3) is 6.03. The lowest BCUT2D eigenvalue weighted by atomic mass is 10.0. The van der Waals surface area contributed by atoms with Crippen molar-refractivity contribution in [2.45, 2.75) is 51.6 Å². The smallest absolute Gasteiger partial charge is 0.246 e. The summed E-state index contributed by atoms with van der Waals surface area (Å²) >= 11 is 0. The van der Waals surface area contributed by atoms with Gasteiger partial charge in [0, 0.05) is 13.2 Å². The monoisotopic (exact) mass is 243 g/mol. The molecule has 0 heterocycles. The molecule has 1 aliphatic rings. The Morgan fingerprint density at radius 1 is 1.47 bits per heavy atom. The van der Waals surface area contributed by atoms with Crippen LogP contribution < -0.4 is 5.32 Å². The molecule has 100 valence electrons. The molecule has 1 aliphatic carbocycles. The maximum atomic E-state index is 11.4. The van der Waals surface area contributed by atoms with Gasteiger partial charge in [-0.15, -0.1) is 0 Å². The van der Waals surface area contributed by atoms with Crippen molar-refractivity contribution in [2.75, 3.05) is 19.8 Å². The lowest BCUT2D eigenvalue weighted by Gasteiger charge is -2.17. The number of carbonyl (C=O) groups excluding carboxylic acids is 1. The third-order valence-corrected chi connectivity index (χ3v) is 3.33. The SMILES string of the molecule is CCCCOCC(=O)NCC(O)C1CCCC1. The summed E-state index contributed by atoms with van der Waals surface area (Å²) in [6, 6.07) is 0. The van der Waals surface area contributed by atoms with E-state index in [1.165, 1.54) is 12.8 Å². The van der Waals surface area contributed by atoms with Crippen molar-refractivity contribution in [1.82, 2.24) is 5.32 Å². The van der Waals surface area contributed by atoms with Crippen LogP contribution in [0, 0.1) is 5.92 Å². The Labute approximate surface area is 104 Å². The molecule has 1 saturated carbocycles. The van der Waals surface area contributed by atoms with Crippen molar-refractivity contribution in [1.29, 1.82) is 0 Å². The molecule has 0 radical (unpaired) electrons. The number of aliphatic hydroxyl groups is 1. The Balaban J connectivity index is 2.02. The lowest BCUT2D eigenvalue weighted by Crippen LogP contribution is -2.37. The number of aliphatic hydroxyl groups excluding tert-OH is 1. The minimum Gasteiger partial charge on any atom is -0.391 e. The maximum Gasteiger partial charge on any atom is 0.246 e. The van der Waals surface area contributed by atoms with Crippen LogP contribution in [0.3, 0.4) is 0 Å². The molecule has 0 aromatic heterocycles. The molecular weight excluding hydrogens is 218 g/mol. The van der Waals surface area contributed by atoms with Crippen molar-refractivity contribution >= 4 is 5.91 Å². The van der Waals surface area contributed by atoms with Crippen LogP contribution in [0.15, 0.2) is 0 Å². The molecule has 0 bridgehead atoms. The summed E-state index contributed by atoms with van der Waals surface area (Å²) in [5, 5.41) is 12.6. The van der Waals surface area contributed by atoms with Gasteiger partial charge in [0.15, 0.2) is 0 Å². The Morgan fingerprint density at radius 2 is 2.18 bits per heavy atom. The van der Waals surface area contributed by atoms with Crippen molar-refractivity contribution in [3.8, 4) is 0 Å². The van der Waals surface area contributed by atoms with Crippen LogP contribution in [0.25, 0.3) is 0 Å². The summed E-state index contributed by atoms with van der Waals surface area (Å²) in [4.78, 5) is 11.4. The van der Waals surface area contributed by atoms with Crippen molar-refractivity contribution in [2.24, 2.45) is 5.92 Å². The van der Waals surface area contributed by atoms with E-state index in [9.17, 15) is 9.90 Å². The molecule has 1 unspecified atom stereocenters. The minimum absolute atomic E-state index is 0.109. The van der Waals surface area contributed by atoms with Gasteiger partial charge >= 0.3 is 0 Å². The average Bonchev–Trinajstić information content (AvgIpc) is 2.85. The molecule has 17 heavy (non-hydrogen) atoms. The molecular formula is C13H25NO3. The fourth-order valence-electron chi connectivity index (χ4n) is 2.19. The first-order valence-electron chi connectivity index (χ1n) is 6.76. The van der Waals surface area contributed by atoms with E-state index in [-0.39, 0.29) is 12.5 Å². The van der Waals surface area contributed by atoms with Gasteiger partial charge in [-0.05, 0) is 25.2 Å². The Kier molecular flexibility index (Phi) is 7.21. The first-order valence-corrected chi connectivity index (χ1v) is 6.76. The molecule has 0 spiro atoms. The second kappa shape index (κ2) is 8.48. The molecule has 4 heteroatoms. The normalized spacial score (nSPS) is 18.2. The van der Waals surface area contributed by atoms with Gasteiger partial charge in [0.2, 0.25) is 5.91 Å². The first kappa shape index (κ1) is 14.5. The Hall–Kier alpha value is -0.610. The van der Waals surface area contributed by atoms with Crippen molar-refractivity contribution < 1.29 is 14.6 Å². The van der Waals surface area contributed by atoms with E-state index in [2.05, 4.69) is 12.2 Å². The van der Waals surface area contributed by atoms with Crippen LogP contribution in [-0.2, 0) is 9.53 Å². The second-order valence-corrected chi connectivity index (χ2v) is 4.82. The van der Waals surface area contributed by atoms with Gasteiger partial charge in [-0.1, -0.05) is 26.2 Å². The molecule has 1 amide bonds. The fraction of sp³-hybridized carbons (Fsp3) is 0.923. The quantitative estimate of drug-likeness (QED) is 0.635. The molecule has 1 rings (SSSR count). The number of nitrogens with one attached hydrogen (secondary N) is 1. The van der Waals surface area contributed by atoms with Crippen LogP contribution >= 0.6 is 0 Å². The van der Waals surface area contributed by atoms with E-state index in [0.717, 1.165) is 25.7 Å². The fourth-order valence-corrected chi connectivity index (χ4v) is 2.19. The topological polar surface area (TPSA) is 58.6 Å². The highest BCUT2D eigenvalue weighted by Crippen LogP contribution is 2.27. The molecule has 4 nitrogen and oxygen atoms in total. The van der Waals surface area contributed by atoms with E-state index in [1.807, 2.05) is 0 Å². The van der Waals surface area contributed by atoms with Crippen LogP contribution in [0.5, 0.6) is 0 Å². The Morgan fingerprint density at radius 3 is 2.82 bits per heavy atom. The summed E-state index contributed by atoms with van der Waals surface area (Å²) in [6.45, 7) is 3.19. The number of unbranched alkanes of at least 4 members (excludes halogenated alkanes) is 1. The molecule has 0 aromatic carbocycles. The summed E-state index contributed by atoms with van der Waals surface area (Å²) in [5.74, 6) is 0.245. The maximum absolute atomic E-state index is 11.4. The summed E-state index contributed by atoms with van der Waals surface area (Å²) in [7, 11) is 0. The Bertz CT molecular complexity index is 215. The van der Waals surface area contributed by atoms with Crippen LogP contribution in [-0.4, -0.2) is 36.9 Å². The zero-order chi connectivity index (χ0) is 12.5. The molecule has 1 fully saturated rings. The van der Waals surface area contributed by atoms with Crippen LogP contribution in [0.4, 0.5) is 0 Å². The molecule has 0 aromatic rings. The number of amides is 1. The van der Waals surface area contributed by atoms with E-state index >= 15 is 0 Å². The molecule has 0 aliphatic heterocycles. The second-order valence-electron chi connectivity index (χ2n) is 4.82. The van der Waals surface area contributed by atoms with E-state index in [4.69, 9.17) is 4.74 Å². The third-order valence-electron chi connectivity index (χ3n) is 3.33. The van der Waals surface area contributed by atoms with Gasteiger partial charge in [-0.25, -0.2) is 0 Å². The predicted molar refractivity (Wildman–Crippen MR) is 66.7 cm³/mol. The van der Waals surface area contributed by atoms with Crippen LogP contribution in [0.1, 0.15) is 45.4 Å². The van der Waals surface area contributed by atoms with Gasteiger partial charge in [-0.3, -0.25) is 4.79 Å². The first-order chi connectivity index (χ1) is 8.24. The molecule has 1 atom stereocenters. The number of rotatable bonds is 8. The van der Waals surface area contributed by atoms with Gasteiger partial charge in [0.25, 0.3) is 0 Å². The predicted octanol–water partition coefficient (Wildman–Crippen LogP) is 1.47. The minimum atomic E-state index is -0.392. The van der Waals surface area contributed by atoms with E-state index in [1.54, 1.807) is 0 Å². The number of ether oxygens (including phenoxy) is 1.